The van der Waals surface area contributed by atoms with Gasteiger partial charge in [0.2, 0.25) is 0 Å². The van der Waals surface area contributed by atoms with Crippen LogP contribution in [0, 0.1) is 0 Å². The topological polar surface area (TPSA) is 76.7 Å². The number of halogens is 1. The standard InChI is InChI=1S/C20H19BrN2O4/c1-3-27-19(24)16-17(12-4-8-14(21)9-5-12)22-20(25)23-18(16)13-6-10-15(26-2)11-7-13/h4-11,17H,3H2,1-2H3,(H2,22,23,25). The molecule has 1 heterocycles. The Morgan fingerprint density at radius 2 is 1.78 bits per heavy atom. The number of ether oxygens (including phenoxy) is 2. The zero-order valence-corrected chi connectivity index (χ0v) is 16.5. The van der Waals surface area contributed by atoms with Gasteiger partial charge in [-0.25, -0.2) is 9.59 Å². The molecule has 0 aliphatic carbocycles. The fourth-order valence-electron chi connectivity index (χ4n) is 2.88. The van der Waals surface area contributed by atoms with Crippen LogP contribution in [0.25, 0.3) is 5.70 Å². The van der Waals surface area contributed by atoms with Crippen molar-refractivity contribution in [3.8, 4) is 5.75 Å². The van der Waals surface area contributed by atoms with Crippen molar-refractivity contribution >= 4 is 33.6 Å². The summed E-state index contributed by atoms with van der Waals surface area (Å²) in [5.74, 6) is 0.200. The van der Waals surface area contributed by atoms with E-state index in [1.165, 1.54) is 0 Å². The number of nitrogens with one attached hydrogen (secondary N) is 2. The quantitative estimate of drug-likeness (QED) is 0.707. The van der Waals surface area contributed by atoms with E-state index in [1.807, 2.05) is 24.3 Å². The Balaban J connectivity index is 2.14. The zero-order valence-electron chi connectivity index (χ0n) is 14.9. The second-order valence-electron chi connectivity index (χ2n) is 5.82. The number of esters is 1. The van der Waals surface area contributed by atoms with Crippen molar-refractivity contribution in [2.45, 2.75) is 13.0 Å². The summed E-state index contributed by atoms with van der Waals surface area (Å²) >= 11 is 3.40. The van der Waals surface area contributed by atoms with Crippen LogP contribution >= 0.6 is 15.9 Å². The molecule has 1 aliphatic rings. The third-order valence-corrected chi connectivity index (χ3v) is 4.68. The molecular formula is C20H19BrN2O4. The first-order valence-corrected chi connectivity index (χ1v) is 9.21. The highest BCUT2D eigenvalue weighted by Gasteiger charge is 2.34. The molecule has 2 aromatic rings. The zero-order chi connectivity index (χ0) is 19.4. The molecule has 2 amide bonds. The molecular weight excluding hydrogens is 412 g/mol. The molecule has 27 heavy (non-hydrogen) atoms. The average Bonchev–Trinajstić information content (AvgIpc) is 2.68. The first-order chi connectivity index (χ1) is 13.0. The number of hydrogen-bond donors (Lipinski definition) is 2. The molecule has 6 nitrogen and oxygen atoms in total. The molecule has 0 bridgehead atoms. The molecule has 0 saturated heterocycles. The minimum atomic E-state index is -0.622. The number of methoxy groups -OCH3 is 1. The van der Waals surface area contributed by atoms with Crippen molar-refractivity contribution in [1.29, 1.82) is 0 Å². The Labute approximate surface area is 165 Å². The molecule has 0 spiro atoms. The van der Waals surface area contributed by atoms with Crippen LogP contribution < -0.4 is 15.4 Å². The maximum absolute atomic E-state index is 12.8. The highest BCUT2D eigenvalue weighted by Crippen LogP contribution is 2.33. The number of rotatable bonds is 5. The summed E-state index contributed by atoms with van der Waals surface area (Å²) in [4.78, 5) is 25.1. The highest BCUT2D eigenvalue weighted by molar-refractivity contribution is 9.10. The smallest absolute Gasteiger partial charge is 0.338 e. The lowest BCUT2D eigenvalue weighted by Gasteiger charge is -2.29. The number of urea groups is 1. The SMILES string of the molecule is CCOC(=O)C1=C(c2ccc(OC)cc2)NC(=O)NC1c1ccc(Br)cc1. The largest absolute Gasteiger partial charge is 0.497 e. The van der Waals surface area contributed by atoms with Gasteiger partial charge in [0, 0.05) is 4.47 Å². The summed E-state index contributed by atoms with van der Waals surface area (Å²) in [5.41, 5.74) is 2.25. The normalized spacial score (nSPS) is 16.4. The van der Waals surface area contributed by atoms with E-state index in [9.17, 15) is 9.59 Å². The van der Waals surface area contributed by atoms with Crippen LogP contribution in [0.4, 0.5) is 4.79 Å². The van der Waals surface area contributed by atoms with Crippen molar-refractivity contribution in [3.63, 3.8) is 0 Å². The monoisotopic (exact) mass is 430 g/mol. The lowest BCUT2D eigenvalue weighted by Crippen LogP contribution is -2.45. The molecule has 7 heteroatoms. The van der Waals surface area contributed by atoms with Gasteiger partial charge in [-0.05, 0) is 54.4 Å². The van der Waals surface area contributed by atoms with E-state index in [1.54, 1.807) is 38.3 Å². The fraction of sp³-hybridized carbons (Fsp3) is 0.200. The number of carbonyl (C=O) groups is 2. The maximum atomic E-state index is 12.8. The minimum absolute atomic E-state index is 0.235. The second kappa shape index (κ2) is 8.26. The number of amides is 2. The fourth-order valence-corrected chi connectivity index (χ4v) is 3.15. The lowest BCUT2D eigenvalue weighted by molar-refractivity contribution is -0.138. The molecule has 0 aromatic heterocycles. The van der Waals surface area contributed by atoms with E-state index >= 15 is 0 Å². The Kier molecular flexibility index (Phi) is 5.81. The molecule has 1 atom stereocenters. The molecule has 1 aliphatic heterocycles. The van der Waals surface area contributed by atoms with Gasteiger partial charge in [-0.1, -0.05) is 28.1 Å². The predicted molar refractivity (Wildman–Crippen MR) is 105 cm³/mol. The van der Waals surface area contributed by atoms with Crippen molar-refractivity contribution in [2.24, 2.45) is 0 Å². The molecule has 2 aromatic carbocycles. The van der Waals surface area contributed by atoms with Crippen LogP contribution in [0.3, 0.4) is 0 Å². The van der Waals surface area contributed by atoms with Gasteiger partial charge in [0.1, 0.15) is 5.75 Å². The third kappa shape index (κ3) is 4.14. The summed E-state index contributed by atoms with van der Waals surface area (Å²) < 4.78 is 11.4. The molecule has 140 valence electrons. The minimum Gasteiger partial charge on any atom is -0.497 e. The summed E-state index contributed by atoms with van der Waals surface area (Å²) in [5, 5.41) is 5.56. The summed E-state index contributed by atoms with van der Waals surface area (Å²) in [6, 6.07) is 13.5. The van der Waals surface area contributed by atoms with E-state index in [4.69, 9.17) is 9.47 Å². The lowest BCUT2D eigenvalue weighted by atomic mass is 9.92. The van der Waals surface area contributed by atoms with Gasteiger partial charge >= 0.3 is 12.0 Å². The molecule has 0 saturated carbocycles. The van der Waals surface area contributed by atoms with Crippen LogP contribution in [-0.2, 0) is 9.53 Å². The summed E-state index contributed by atoms with van der Waals surface area (Å²) in [6.07, 6.45) is 0. The van der Waals surface area contributed by atoms with Gasteiger partial charge in [0.15, 0.2) is 0 Å². The molecule has 2 N–H and O–H groups in total. The third-order valence-electron chi connectivity index (χ3n) is 4.15. The molecule has 3 rings (SSSR count). The predicted octanol–water partition coefficient (Wildman–Crippen LogP) is 3.79. The van der Waals surface area contributed by atoms with Crippen LogP contribution in [0.15, 0.2) is 58.6 Å². The maximum Gasteiger partial charge on any atom is 0.338 e. The number of carbonyl (C=O) groups excluding carboxylic acids is 2. The van der Waals surface area contributed by atoms with Gasteiger partial charge in [-0.15, -0.1) is 0 Å². The van der Waals surface area contributed by atoms with E-state index in [2.05, 4.69) is 26.6 Å². The highest BCUT2D eigenvalue weighted by atomic mass is 79.9. The van der Waals surface area contributed by atoms with E-state index in [0.29, 0.717) is 22.6 Å². The first kappa shape index (κ1) is 19.0. The molecule has 0 radical (unpaired) electrons. The van der Waals surface area contributed by atoms with Crippen molar-refractivity contribution < 1.29 is 19.1 Å². The van der Waals surface area contributed by atoms with E-state index in [-0.39, 0.29) is 12.6 Å². The Morgan fingerprint density at radius 3 is 2.37 bits per heavy atom. The van der Waals surface area contributed by atoms with Crippen LogP contribution in [0.5, 0.6) is 5.75 Å². The van der Waals surface area contributed by atoms with Crippen molar-refractivity contribution in [2.75, 3.05) is 13.7 Å². The molecule has 1 unspecified atom stereocenters. The van der Waals surface area contributed by atoms with Crippen LogP contribution in [-0.4, -0.2) is 25.7 Å². The summed E-state index contributed by atoms with van der Waals surface area (Å²) in [6.45, 7) is 1.98. The van der Waals surface area contributed by atoms with E-state index < -0.39 is 12.0 Å². The van der Waals surface area contributed by atoms with Gasteiger partial charge < -0.3 is 20.1 Å². The second-order valence-corrected chi connectivity index (χ2v) is 6.74. The first-order valence-electron chi connectivity index (χ1n) is 8.42. The van der Waals surface area contributed by atoms with Gasteiger partial charge in [0.05, 0.1) is 31.0 Å². The van der Waals surface area contributed by atoms with Crippen LogP contribution in [0.1, 0.15) is 24.1 Å². The van der Waals surface area contributed by atoms with Gasteiger partial charge in [-0.3, -0.25) is 0 Å². The Bertz CT molecular complexity index is 876. The number of hydrogen-bond acceptors (Lipinski definition) is 4. The van der Waals surface area contributed by atoms with Gasteiger partial charge in [0.25, 0.3) is 0 Å². The van der Waals surface area contributed by atoms with Crippen molar-refractivity contribution in [1.82, 2.24) is 10.6 Å². The number of benzene rings is 2. The van der Waals surface area contributed by atoms with Crippen molar-refractivity contribution in [3.05, 3.63) is 69.7 Å². The Morgan fingerprint density at radius 1 is 1.11 bits per heavy atom. The summed E-state index contributed by atoms with van der Waals surface area (Å²) in [7, 11) is 1.58. The van der Waals surface area contributed by atoms with Crippen LogP contribution in [0.2, 0.25) is 0 Å². The Hall–Kier alpha value is -2.80. The van der Waals surface area contributed by atoms with Gasteiger partial charge in [-0.2, -0.15) is 0 Å². The molecule has 0 fully saturated rings. The van der Waals surface area contributed by atoms with E-state index in [0.717, 1.165) is 10.0 Å². The average molecular weight is 431 g/mol.